The highest BCUT2D eigenvalue weighted by Crippen LogP contribution is 2.38. The first kappa shape index (κ1) is 15.5. The molecule has 0 radical (unpaired) electrons. The maximum Gasteiger partial charge on any atom is 0.356 e. The molecule has 0 saturated heterocycles. The van der Waals surface area contributed by atoms with E-state index < -0.39 is 19.0 Å². The van der Waals surface area contributed by atoms with Crippen molar-refractivity contribution in [3.05, 3.63) is 53.6 Å². The zero-order valence-electron chi connectivity index (χ0n) is 10.9. The lowest BCUT2D eigenvalue weighted by molar-refractivity contribution is 0.179. The van der Waals surface area contributed by atoms with Gasteiger partial charge in [-0.2, -0.15) is 0 Å². The van der Waals surface area contributed by atoms with E-state index in [1.807, 2.05) is 0 Å². The molecule has 21 heavy (non-hydrogen) atoms. The van der Waals surface area contributed by atoms with E-state index in [-0.39, 0.29) is 23.5 Å². The zero-order chi connectivity index (χ0) is 15.6. The van der Waals surface area contributed by atoms with E-state index in [9.17, 15) is 29.7 Å². The molecule has 2 aromatic carbocycles. The van der Waals surface area contributed by atoms with Gasteiger partial charge in [-0.15, -0.1) is 0 Å². The van der Waals surface area contributed by atoms with Crippen molar-refractivity contribution in [2.45, 2.75) is 12.5 Å². The number of hydrogen-bond donors (Lipinski definition) is 5. The molecule has 0 saturated carbocycles. The maximum absolute atomic E-state index is 11.4. The third-order valence-electron chi connectivity index (χ3n) is 3.03. The molecule has 0 aliphatic rings. The van der Waals surface area contributed by atoms with Gasteiger partial charge in [0.15, 0.2) is 0 Å². The molecule has 2 aromatic rings. The highest BCUT2D eigenvalue weighted by molar-refractivity contribution is 7.60. The van der Waals surface area contributed by atoms with Gasteiger partial charge in [-0.1, -0.05) is 18.2 Å². The van der Waals surface area contributed by atoms with E-state index in [2.05, 4.69) is 0 Å². The largest absolute Gasteiger partial charge is 0.508 e. The number of aromatic hydroxyl groups is 2. The molecule has 1 unspecified atom stereocenters. The van der Waals surface area contributed by atoms with Crippen molar-refractivity contribution < 1.29 is 29.7 Å². The first-order valence-electron chi connectivity index (χ1n) is 6.12. The summed E-state index contributed by atoms with van der Waals surface area (Å²) in [7, 11) is -4.62. The molecule has 0 heterocycles. The second-order valence-electron chi connectivity index (χ2n) is 4.68. The van der Waals surface area contributed by atoms with Gasteiger partial charge in [-0.3, -0.25) is 4.57 Å². The lowest BCUT2D eigenvalue weighted by atomic mass is 10.0. The van der Waals surface area contributed by atoms with Gasteiger partial charge >= 0.3 is 7.60 Å². The second-order valence-corrected chi connectivity index (χ2v) is 6.25. The van der Waals surface area contributed by atoms with Crippen molar-refractivity contribution >= 4 is 12.9 Å². The van der Waals surface area contributed by atoms with Crippen molar-refractivity contribution in [1.82, 2.24) is 0 Å². The lowest BCUT2D eigenvalue weighted by Gasteiger charge is -2.17. The van der Waals surface area contributed by atoms with Crippen LogP contribution in [0.5, 0.6) is 11.5 Å². The van der Waals surface area contributed by atoms with Crippen molar-refractivity contribution in [3.63, 3.8) is 0 Å². The van der Waals surface area contributed by atoms with Gasteiger partial charge in [-0.05, 0) is 35.4 Å². The van der Waals surface area contributed by atoms with Crippen molar-refractivity contribution in [3.8, 4) is 11.5 Å². The van der Waals surface area contributed by atoms with Gasteiger partial charge in [0.1, 0.15) is 11.5 Å². The van der Waals surface area contributed by atoms with Crippen LogP contribution in [0.2, 0.25) is 0 Å². The Labute approximate surface area is 121 Å². The van der Waals surface area contributed by atoms with Gasteiger partial charge in [0, 0.05) is 6.42 Å². The number of aliphatic hydroxyl groups excluding tert-OH is 1. The van der Waals surface area contributed by atoms with Crippen LogP contribution in [0.4, 0.5) is 0 Å². The molecule has 0 bridgehead atoms. The standard InChI is InChI=1S/C14H15O6P/c15-10-3-1-2-9(6-10)7-13(17)12-5-4-11(16)8-14(12)21(18,19)20/h1-6,8,13,15-17H,7H2,(H2,18,19,20). The van der Waals surface area contributed by atoms with E-state index in [0.29, 0.717) is 5.56 Å². The summed E-state index contributed by atoms with van der Waals surface area (Å²) in [6.07, 6.45) is -1.10. The van der Waals surface area contributed by atoms with Crippen LogP contribution in [0, 0.1) is 0 Å². The molecular weight excluding hydrogens is 295 g/mol. The highest BCUT2D eigenvalue weighted by atomic mass is 31.2. The molecule has 0 aliphatic heterocycles. The molecule has 112 valence electrons. The molecule has 1 atom stereocenters. The number of benzene rings is 2. The third kappa shape index (κ3) is 3.83. The minimum absolute atomic E-state index is 0.0422. The number of phenols is 2. The Kier molecular flexibility index (Phi) is 4.34. The van der Waals surface area contributed by atoms with Gasteiger partial charge in [0.25, 0.3) is 0 Å². The van der Waals surface area contributed by atoms with Crippen LogP contribution < -0.4 is 5.30 Å². The van der Waals surface area contributed by atoms with Crippen LogP contribution in [-0.4, -0.2) is 25.1 Å². The van der Waals surface area contributed by atoms with Crippen LogP contribution in [0.3, 0.4) is 0 Å². The molecule has 6 nitrogen and oxygen atoms in total. The van der Waals surface area contributed by atoms with E-state index in [1.54, 1.807) is 12.1 Å². The predicted molar refractivity (Wildman–Crippen MR) is 76.6 cm³/mol. The summed E-state index contributed by atoms with van der Waals surface area (Å²) in [4.78, 5) is 18.6. The Morgan fingerprint density at radius 2 is 1.67 bits per heavy atom. The van der Waals surface area contributed by atoms with Crippen LogP contribution in [0.1, 0.15) is 17.2 Å². The Hall–Kier alpha value is -1.85. The smallest absolute Gasteiger partial charge is 0.356 e. The molecule has 0 fully saturated rings. The van der Waals surface area contributed by atoms with E-state index >= 15 is 0 Å². The first-order chi connectivity index (χ1) is 9.77. The highest BCUT2D eigenvalue weighted by Gasteiger charge is 2.25. The second kappa shape index (κ2) is 5.87. The molecule has 0 spiro atoms. The number of phenolic OH excluding ortho intramolecular Hbond substituents is 2. The van der Waals surface area contributed by atoms with Crippen LogP contribution in [0.25, 0.3) is 0 Å². The summed E-state index contributed by atoms with van der Waals surface area (Å²) in [6, 6.07) is 9.70. The molecule has 5 N–H and O–H groups in total. The normalized spacial score (nSPS) is 13.1. The fourth-order valence-electron chi connectivity index (χ4n) is 2.08. The summed E-state index contributed by atoms with van der Waals surface area (Å²) in [5.41, 5.74) is 0.664. The van der Waals surface area contributed by atoms with Crippen molar-refractivity contribution in [2.75, 3.05) is 0 Å². The maximum atomic E-state index is 11.4. The van der Waals surface area contributed by atoms with E-state index in [4.69, 9.17) is 0 Å². The Balaban J connectivity index is 2.35. The minimum atomic E-state index is -4.62. The van der Waals surface area contributed by atoms with Gasteiger partial charge in [0.2, 0.25) is 0 Å². The fourth-order valence-corrected chi connectivity index (χ4v) is 2.94. The quantitative estimate of drug-likeness (QED) is 0.541. The molecule has 0 aliphatic carbocycles. The number of aliphatic hydroxyl groups is 1. The summed E-state index contributed by atoms with van der Waals surface area (Å²) in [5, 5.41) is 28.5. The number of hydrogen-bond acceptors (Lipinski definition) is 4. The average molecular weight is 310 g/mol. The summed E-state index contributed by atoms with van der Waals surface area (Å²) in [5.74, 6) is -0.248. The minimum Gasteiger partial charge on any atom is -0.508 e. The molecular formula is C14H15O6P. The number of rotatable bonds is 4. The first-order valence-corrected chi connectivity index (χ1v) is 7.73. The Morgan fingerprint density at radius 1 is 1.00 bits per heavy atom. The van der Waals surface area contributed by atoms with Gasteiger partial charge in [-0.25, -0.2) is 0 Å². The fraction of sp³-hybridized carbons (Fsp3) is 0.143. The van der Waals surface area contributed by atoms with E-state index in [0.717, 1.165) is 6.07 Å². The van der Waals surface area contributed by atoms with Crippen molar-refractivity contribution in [1.29, 1.82) is 0 Å². The van der Waals surface area contributed by atoms with Gasteiger partial charge < -0.3 is 25.1 Å². The lowest BCUT2D eigenvalue weighted by Crippen LogP contribution is -2.16. The van der Waals surface area contributed by atoms with E-state index in [1.165, 1.54) is 24.3 Å². The Morgan fingerprint density at radius 3 is 2.29 bits per heavy atom. The van der Waals surface area contributed by atoms with Crippen molar-refractivity contribution in [2.24, 2.45) is 0 Å². The molecule has 7 heteroatoms. The zero-order valence-corrected chi connectivity index (χ0v) is 11.8. The van der Waals surface area contributed by atoms with Crippen LogP contribution in [0.15, 0.2) is 42.5 Å². The summed E-state index contributed by atoms with van der Waals surface area (Å²) >= 11 is 0. The molecule has 2 rings (SSSR count). The van der Waals surface area contributed by atoms with Crippen LogP contribution in [-0.2, 0) is 11.0 Å². The van der Waals surface area contributed by atoms with Crippen LogP contribution >= 0.6 is 7.60 Å². The monoisotopic (exact) mass is 310 g/mol. The topological polar surface area (TPSA) is 118 Å². The SMILES string of the molecule is O=P(O)(O)c1cc(O)ccc1C(O)Cc1cccc(O)c1. The predicted octanol–water partition coefficient (Wildman–Crippen LogP) is 1.18. The molecule has 0 amide bonds. The molecule has 0 aromatic heterocycles. The average Bonchev–Trinajstić information content (AvgIpc) is 2.37. The summed E-state index contributed by atoms with van der Waals surface area (Å²) in [6.45, 7) is 0. The van der Waals surface area contributed by atoms with Gasteiger partial charge in [0.05, 0.1) is 11.4 Å². The Bertz CT molecular complexity index is 694. The third-order valence-corrected chi connectivity index (χ3v) is 4.04. The summed E-state index contributed by atoms with van der Waals surface area (Å²) < 4.78 is 11.4.